The maximum atomic E-state index is 12.7. The van der Waals surface area contributed by atoms with Crippen molar-refractivity contribution >= 4 is 27.6 Å². The summed E-state index contributed by atoms with van der Waals surface area (Å²) in [6, 6.07) is 0.384. The number of Topliss-reactive ketones (excluding diaryl/α,β-unsaturated/α-hetero) is 1. The fraction of sp³-hybridized carbons (Fsp3) is 0.560. The molecule has 0 atom stereocenters. The van der Waals surface area contributed by atoms with Gasteiger partial charge in [-0.05, 0) is 45.1 Å². The van der Waals surface area contributed by atoms with Crippen molar-refractivity contribution in [3.8, 4) is 0 Å². The van der Waals surface area contributed by atoms with Gasteiger partial charge in [0.25, 0.3) is 5.91 Å². The molecule has 0 unspecified atom stereocenters. The molecule has 0 aromatic carbocycles. The zero-order valence-corrected chi connectivity index (χ0v) is 20.9. The number of hydrogen-bond donors (Lipinski definition) is 1. The zero-order chi connectivity index (χ0) is 22.8. The van der Waals surface area contributed by atoms with Crippen LogP contribution in [-0.2, 0) is 4.79 Å². The third-order valence-electron chi connectivity index (χ3n) is 5.64. The Morgan fingerprint density at radius 1 is 1.16 bits per heavy atom. The molecule has 1 fully saturated rings. The molecule has 170 valence electrons. The van der Waals surface area contributed by atoms with E-state index < -0.39 is 0 Å². The minimum absolute atomic E-state index is 0.00182. The summed E-state index contributed by atoms with van der Waals surface area (Å²) in [5, 5.41) is 7.38. The summed E-state index contributed by atoms with van der Waals surface area (Å²) in [5.41, 5.74) is 3.12. The molecule has 3 rings (SSSR count). The molecule has 5 nitrogen and oxygen atoms in total. The van der Waals surface area contributed by atoms with E-state index >= 15 is 0 Å². The lowest BCUT2D eigenvalue weighted by Crippen LogP contribution is -2.31. The SMILES string of the molecule is CCC.Cc1c(C(=O)NCC(=O)/C2=C/CC=C(Br)/C=C\C2)nn(C2CCCCC2)c1C. The number of amides is 1. The molecule has 1 amide bonds. The molecule has 2 aliphatic carbocycles. The Hall–Kier alpha value is -1.95. The number of nitrogens with zero attached hydrogens (tertiary/aromatic N) is 2. The Morgan fingerprint density at radius 2 is 1.84 bits per heavy atom. The Morgan fingerprint density at radius 3 is 2.52 bits per heavy atom. The summed E-state index contributed by atoms with van der Waals surface area (Å²) in [6.45, 7) is 8.21. The minimum atomic E-state index is -0.270. The second kappa shape index (κ2) is 12.8. The van der Waals surface area contributed by atoms with Gasteiger partial charge >= 0.3 is 0 Å². The molecule has 31 heavy (non-hydrogen) atoms. The fourth-order valence-electron chi connectivity index (χ4n) is 3.85. The second-order valence-electron chi connectivity index (χ2n) is 8.27. The number of ketones is 1. The van der Waals surface area contributed by atoms with Crippen LogP contribution in [0, 0.1) is 13.8 Å². The van der Waals surface area contributed by atoms with Gasteiger partial charge in [-0.15, -0.1) is 0 Å². The highest BCUT2D eigenvalue weighted by Crippen LogP contribution is 2.30. The van der Waals surface area contributed by atoms with Crippen molar-refractivity contribution in [3.05, 3.63) is 51.3 Å². The summed E-state index contributed by atoms with van der Waals surface area (Å²) < 4.78 is 3.04. The monoisotopic (exact) mass is 489 g/mol. The molecule has 1 aromatic rings. The number of carbonyl (C=O) groups is 2. The predicted molar refractivity (Wildman–Crippen MR) is 131 cm³/mol. The van der Waals surface area contributed by atoms with Crippen LogP contribution in [0.25, 0.3) is 0 Å². The van der Waals surface area contributed by atoms with E-state index in [2.05, 4.69) is 40.2 Å². The number of hydrogen-bond acceptors (Lipinski definition) is 3. The molecule has 6 heteroatoms. The first kappa shape index (κ1) is 25.3. The van der Waals surface area contributed by atoms with Gasteiger partial charge in [-0.3, -0.25) is 14.3 Å². The molecule has 1 aromatic heterocycles. The van der Waals surface area contributed by atoms with Crippen LogP contribution in [0.15, 0.2) is 34.4 Å². The third-order valence-corrected chi connectivity index (χ3v) is 6.23. The smallest absolute Gasteiger partial charge is 0.272 e. The second-order valence-corrected chi connectivity index (χ2v) is 9.18. The van der Waals surface area contributed by atoms with Crippen LogP contribution in [0.2, 0.25) is 0 Å². The first-order chi connectivity index (χ1) is 14.9. The molecule has 1 heterocycles. The topological polar surface area (TPSA) is 64.0 Å². The summed E-state index contributed by atoms with van der Waals surface area (Å²) in [5.74, 6) is -0.321. The summed E-state index contributed by atoms with van der Waals surface area (Å²) in [7, 11) is 0. The van der Waals surface area contributed by atoms with Crippen LogP contribution < -0.4 is 5.32 Å². The van der Waals surface area contributed by atoms with Gasteiger partial charge in [0.05, 0.1) is 12.6 Å². The number of rotatable bonds is 5. The third kappa shape index (κ3) is 7.30. The number of aromatic nitrogens is 2. The van der Waals surface area contributed by atoms with Gasteiger partial charge in [0.15, 0.2) is 11.5 Å². The maximum Gasteiger partial charge on any atom is 0.272 e. The van der Waals surface area contributed by atoms with E-state index in [4.69, 9.17) is 0 Å². The van der Waals surface area contributed by atoms with Crippen molar-refractivity contribution in [2.45, 2.75) is 85.1 Å². The number of carbonyl (C=O) groups excluding carboxylic acids is 2. The summed E-state index contributed by atoms with van der Waals surface area (Å²) in [6.07, 6.45) is 16.3. The van der Waals surface area contributed by atoms with Crippen LogP contribution in [0.1, 0.15) is 93.0 Å². The van der Waals surface area contributed by atoms with E-state index in [-0.39, 0.29) is 18.2 Å². The van der Waals surface area contributed by atoms with E-state index in [1.165, 1.54) is 25.7 Å². The van der Waals surface area contributed by atoms with Gasteiger partial charge in [0, 0.05) is 15.7 Å². The molecule has 2 aliphatic rings. The standard InChI is InChI=1S/C22H28BrN3O2.C3H8/c1-15-16(2)26(19-12-4-3-5-13-19)25-21(15)22(28)24-14-20(27)17-8-6-10-18(23)11-7-9-17;1-3-2/h6,9-11,19H,3-5,7-8,12-14H2,1-2H3,(H,24,28);3H2,1-2H3/b10-6-,17-9+,18-11?;. The van der Waals surface area contributed by atoms with Crippen LogP contribution in [0.4, 0.5) is 0 Å². The van der Waals surface area contributed by atoms with Crippen LogP contribution >= 0.6 is 15.9 Å². The van der Waals surface area contributed by atoms with Crippen molar-refractivity contribution in [1.29, 1.82) is 0 Å². The lowest BCUT2D eigenvalue weighted by Gasteiger charge is -2.23. The molecule has 1 saturated carbocycles. The lowest BCUT2D eigenvalue weighted by atomic mass is 9.95. The number of nitrogens with one attached hydrogen (secondary N) is 1. The van der Waals surface area contributed by atoms with Crippen LogP contribution in [0.5, 0.6) is 0 Å². The molecule has 0 bridgehead atoms. The first-order valence-corrected chi connectivity index (χ1v) is 12.3. The highest BCUT2D eigenvalue weighted by Gasteiger charge is 2.24. The van der Waals surface area contributed by atoms with Crippen molar-refractivity contribution in [2.75, 3.05) is 6.54 Å². The van der Waals surface area contributed by atoms with Gasteiger partial charge in [0.2, 0.25) is 0 Å². The normalized spacial score (nSPS) is 19.6. The Kier molecular flexibility index (Phi) is 10.4. The average molecular weight is 490 g/mol. The highest BCUT2D eigenvalue weighted by molar-refractivity contribution is 9.11. The zero-order valence-electron chi connectivity index (χ0n) is 19.3. The molecule has 0 radical (unpaired) electrons. The summed E-state index contributed by atoms with van der Waals surface area (Å²) >= 11 is 3.44. The fourth-order valence-corrected chi connectivity index (χ4v) is 4.22. The van der Waals surface area contributed by atoms with Crippen molar-refractivity contribution < 1.29 is 9.59 Å². The van der Waals surface area contributed by atoms with E-state index in [1.54, 1.807) is 0 Å². The van der Waals surface area contributed by atoms with Gasteiger partial charge in [-0.2, -0.15) is 5.10 Å². The molecular formula is C25H36BrN3O2. The Bertz CT molecular complexity index is 858. The van der Waals surface area contributed by atoms with E-state index in [0.29, 0.717) is 24.6 Å². The number of allylic oxidation sites excluding steroid dienone is 5. The van der Waals surface area contributed by atoms with Crippen molar-refractivity contribution in [2.24, 2.45) is 0 Å². The minimum Gasteiger partial charge on any atom is -0.343 e. The predicted octanol–water partition coefficient (Wildman–Crippen LogP) is 6.28. The molecule has 0 aliphatic heterocycles. The van der Waals surface area contributed by atoms with Crippen LogP contribution in [-0.4, -0.2) is 28.0 Å². The average Bonchev–Trinajstić information content (AvgIpc) is 3.04. The Balaban J connectivity index is 0.00000107. The van der Waals surface area contributed by atoms with Gasteiger partial charge < -0.3 is 5.32 Å². The first-order valence-electron chi connectivity index (χ1n) is 11.5. The van der Waals surface area contributed by atoms with E-state index in [9.17, 15) is 9.59 Å². The van der Waals surface area contributed by atoms with Crippen molar-refractivity contribution in [3.63, 3.8) is 0 Å². The van der Waals surface area contributed by atoms with Gasteiger partial charge in [0.1, 0.15) is 0 Å². The van der Waals surface area contributed by atoms with Crippen LogP contribution in [0.3, 0.4) is 0 Å². The molecule has 0 spiro atoms. The quantitative estimate of drug-likeness (QED) is 0.529. The summed E-state index contributed by atoms with van der Waals surface area (Å²) in [4.78, 5) is 25.2. The van der Waals surface area contributed by atoms with Gasteiger partial charge in [-0.25, -0.2) is 0 Å². The van der Waals surface area contributed by atoms with E-state index in [1.807, 2.05) is 42.8 Å². The Labute approximate surface area is 195 Å². The van der Waals surface area contributed by atoms with Gasteiger partial charge in [-0.1, -0.05) is 79.8 Å². The lowest BCUT2D eigenvalue weighted by molar-refractivity contribution is -0.114. The molecule has 0 saturated heterocycles. The molecule has 1 N–H and O–H groups in total. The molecular weight excluding hydrogens is 454 g/mol. The largest absolute Gasteiger partial charge is 0.343 e. The number of halogens is 1. The highest BCUT2D eigenvalue weighted by atomic mass is 79.9. The maximum absolute atomic E-state index is 12.7. The van der Waals surface area contributed by atoms with E-state index in [0.717, 1.165) is 34.2 Å². The van der Waals surface area contributed by atoms with Crippen molar-refractivity contribution in [1.82, 2.24) is 15.1 Å².